The number of carboxylic acid groups (broad SMARTS) is 1. The maximum Gasteiger partial charge on any atom is 0.336 e. The monoisotopic (exact) mass is 317 g/mol. The van der Waals surface area contributed by atoms with E-state index in [9.17, 15) is 9.59 Å². The number of hydrogen-bond acceptors (Lipinski definition) is 3. The lowest BCUT2D eigenvalue weighted by Crippen LogP contribution is -2.12. The number of carbonyl (C=O) groups is 2. The number of halogens is 1. The molecule has 0 aliphatic carbocycles. The minimum absolute atomic E-state index is 0.113. The molecule has 1 aromatic rings. The molecule has 1 amide bonds. The third-order valence-corrected chi connectivity index (χ3v) is 3.32. The second kappa shape index (κ2) is 6.66. The van der Waals surface area contributed by atoms with Gasteiger partial charge < -0.3 is 10.4 Å². The summed E-state index contributed by atoms with van der Waals surface area (Å²) < 4.78 is 0.493. The van der Waals surface area contributed by atoms with Crippen molar-refractivity contribution in [2.45, 2.75) is 6.42 Å². The summed E-state index contributed by atoms with van der Waals surface area (Å²) in [6.45, 7) is 0. The SMILES string of the molecule is CSCCC(=O)Nc1ccc(Br)c(C(=O)O)c1. The van der Waals surface area contributed by atoms with Gasteiger partial charge >= 0.3 is 5.97 Å². The summed E-state index contributed by atoms with van der Waals surface area (Å²) in [5.74, 6) is -0.399. The molecular formula is C11H12BrNO3S. The fourth-order valence-electron chi connectivity index (χ4n) is 1.19. The molecule has 1 rings (SSSR count). The topological polar surface area (TPSA) is 66.4 Å². The van der Waals surface area contributed by atoms with Gasteiger partial charge in [0.2, 0.25) is 5.91 Å². The second-order valence-corrected chi connectivity index (χ2v) is 5.13. The van der Waals surface area contributed by atoms with Crippen molar-refractivity contribution in [3.8, 4) is 0 Å². The van der Waals surface area contributed by atoms with Gasteiger partial charge in [-0.3, -0.25) is 4.79 Å². The Bertz CT molecular complexity index is 437. The highest BCUT2D eigenvalue weighted by Gasteiger charge is 2.10. The smallest absolute Gasteiger partial charge is 0.336 e. The van der Waals surface area contributed by atoms with Gasteiger partial charge in [-0.2, -0.15) is 11.8 Å². The molecule has 17 heavy (non-hydrogen) atoms. The zero-order valence-electron chi connectivity index (χ0n) is 9.20. The van der Waals surface area contributed by atoms with Crippen LogP contribution in [0, 0.1) is 0 Å². The van der Waals surface area contributed by atoms with Crippen molar-refractivity contribution < 1.29 is 14.7 Å². The summed E-state index contributed by atoms with van der Waals surface area (Å²) in [6.07, 6.45) is 2.34. The second-order valence-electron chi connectivity index (χ2n) is 3.29. The van der Waals surface area contributed by atoms with Crippen LogP contribution in [0.1, 0.15) is 16.8 Å². The molecule has 0 aromatic heterocycles. The number of rotatable bonds is 5. The first-order chi connectivity index (χ1) is 8.04. The highest BCUT2D eigenvalue weighted by atomic mass is 79.9. The Labute approximate surface area is 112 Å². The Kier molecular flexibility index (Phi) is 5.50. The lowest BCUT2D eigenvalue weighted by molar-refractivity contribution is -0.115. The summed E-state index contributed by atoms with van der Waals surface area (Å²) in [4.78, 5) is 22.3. The molecule has 0 atom stereocenters. The van der Waals surface area contributed by atoms with E-state index in [0.29, 0.717) is 16.6 Å². The van der Waals surface area contributed by atoms with Crippen LogP contribution >= 0.6 is 27.7 Å². The maximum atomic E-state index is 11.5. The number of carboxylic acids is 1. The van der Waals surface area contributed by atoms with Crippen LogP contribution in [0.3, 0.4) is 0 Å². The van der Waals surface area contributed by atoms with Crippen LogP contribution in [-0.4, -0.2) is 29.0 Å². The third-order valence-electron chi connectivity index (χ3n) is 2.01. The van der Waals surface area contributed by atoms with Crippen molar-refractivity contribution in [2.24, 2.45) is 0 Å². The summed E-state index contributed by atoms with van der Waals surface area (Å²) >= 11 is 4.73. The number of benzene rings is 1. The van der Waals surface area contributed by atoms with Gasteiger partial charge in [0.1, 0.15) is 0 Å². The van der Waals surface area contributed by atoms with Crippen LogP contribution in [0.2, 0.25) is 0 Å². The van der Waals surface area contributed by atoms with Gasteiger partial charge in [0.15, 0.2) is 0 Å². The van der Waals surface area contributed by atoms with E-state index >= 15 is 0 Å². The van der Waals surface area contributed by atoms with E-state index in [1.54, 1.807) is 23.9 Å². The predicted molar refractivity (Wildman–Crippen MR) is 72.7 cm³/mol. The van der Waals surface area contributed by atoms with Crippen LogP contribution in [0.25, 0.3) is 0 Å². The van der Waals surface area contributed by atoms with Gasteiger partial charge in [-0.05, 0) is 40.4 Å². The summed E-state index contributed by atoms with van der Waals surface area (Å²) in [6, 6.07) is 4.70. The predicted octanol–water partition coefficient (Wildman–Crippen LogP) is 2.84. The molecule has 0 saturated heterocycles. The Morgan fingerprint density at radius 1 is 1.47 bits per heavy atom. The van der Waals surface area contributed by atoms with E-state index in [2.05, 4.69) is 21.2 Å². The van der Waals surface area contributed by atoms with Crippen molar-refractivity contribution in [3.63, 3.8) is 0 Å². The van der Waals surface area contributed by atoms with Crippen molar-refractivity contribution in [1.82, 2.24) is 0 Å². The number of hydrogen-bond donors (Lipinski definition) is 2. The average Bonchev–Trinajstić information content (AvgIpc) is 2.28. The lowest BCUT2D eigenvalue weighted by Gasteiger charge is -2.06. The minimum Gasteiger partial charge on any atom is -0.478 e. The number of thioether (sulfide) groups is 1. The number of carbonyl (C=O) groups excluding carboxylic acids is 1. The van der Waals surface area contributed by atoms with Gasteiger partial charge in [-0.25, -0.2) is 4.79 Å². The van der Waals surface area contributed by atoms with E-state index in [-0.39, 0.29) is 11.5 Å². The van der Waals surface area contributed by atoms with E-state index in [4.69, 9.17) is 5.11 Å². The molecule has 0 fully saturated rings. The molecule has 4 nitrogen and oxygen atoms in total. The van der Waals surface area contributed by atoms with Gasteiger partial charge in [-0.15, -0.1) is 0 Å². The molecule has 0 spiro atoms. The fraction of sp³-hybridized carbons (Fsp3) is 0.273. The normalized spacial score (nSPS) is 10.0. The molecule has 6 heteroatoms. The van der Waals surface area contributed by atoms with Crippen molar-refractivity contribution in [1.29, 1.82) is 0 Å². The molecule has 0 radical (unpaired) electrons. The molecule has 0 bridgehead atoms. The number of amides is 1. The zero-order valence-corrected chi connectivity index (χ0v) is 11.6. The molecule has 0 unspecified atom stereocenters. The zero-order chi connectivity index (χ0) is 12.8. The van der Waals surface area contributed by atoms with Crippen LogP contribution in [0.15, 0.2) is 22.7 Å². The van der Waals surface area contributed by atoms with Crippen molar-refractivity contribution in [2.75, 3.05) is 17.3 Å². The maximum absolute atomic E-state index is 11.5. The fourth-order valence-corrected chi connectivity index (χ4v) is 1.99. The molecule has 0 aliphatic rings. The Morgan fingerprint density at radius 2 is 2.18 bits per heavy atom. The molecule has 1 aromatic carbocycles. The largest absolute Gasteiger partial charge is 0.478 e. The Morgan fingerprint density at radius 3 is 2.76 bits per heavy atom. The molecule has 92 valence electrons. The van der Waals surface area contributed by atoms with Crippen LogP contribution in [0.4, 0.5) is 5.69 Å². The van der Waals surface area contributed by atoms with Crippen molar-refractivity contribution >= 4 is 45.3 Å². The first-order valence-electron chi connectivity index (χ1n) is 4.86. The van der Waals surface area contributed by atoms with E-state index in [1.807, 2.05) is 6.26 Å². The summed E-state index contributed by atoms with van der Waals surface area (Å²) in [7, 11) is 0. The van der Waals surface area contributed by atoms with Gasteiger partial charge in [0, 0.05) is 22.3 Å². The molecule has 2 N–H and O–H groups in total. The van der Waals surface area contributed by atoms with Crippen LogP contribution in [-0.2, 0) is 4.79 Å². The molecule has 0 saturated carbocycles. The number of aromatic carboxylic acids is 1. The highest BCUT2D eigenvalue weighted by molar-refractivity contribution is 9.10. The van der Waals surface area contributed by atoms with Crippen molar-refractivity contribution in [3.05, 3.63) is 28.2 Å². The first-order valence-corrected chi connectivity index (χ1v) is 7.05. The third kappa shape index (κ3) is 4.40. The van der Waals surface area contributed by atoms with E-state index in [1.165, 1.54) is 6.07 Å². The minimum atomic E-state index is -1.03. The van der Waals surface area contributed by atoms with Gasteiger partial charge in [0.05, 0.1) is 5.56 Å². The lowest BCUT2D eigenvalue weighted by atomic mass is 10.2. The Hall–Kier alpha value is -1.01. The van der Waals surface area contributed by atoms with E-state index in [0.717, 1.165) is 5.75 Å². The van der Waals surface area contributed by atoms with Crippen LogP contribution in [0.5, 0.6) is 0 Å². The average molecular weight is 318 g/mol. The van der Waals surface area contributed by atoms with Gasteiger partial charge in [-0.1, -0.05) is 0 Å². The summed E-state index contributed by atoms with van der Waals surface area (Å²) in [5, 5.41) is 11.6. The summed E-state index contributed by atoms with van der Waals surface area (Å²) in [5.41, 5.74) is 0.629. The highest BCUT2D eigenvalue weighted by Crippen LogP contribution is 2.21. The van der Waals surface area contributed by atoms with E-state index < -0.39 is 5.97 Å². The van der Waals surface area contributed by atoms with Crippen LogP contribution < -0.4 is 5.32 Å². The Balaban J connectivity index is 2.75. The molecule has 0 heterocycles. The molecular weight excluding hydrogens is 306 g/mol. The first kappa shape index (κ1) is 14.1. The van der Waals surface area contributed by atoms with Gasteiger partial charge in [0.25, 0.3) is 0 Å². The number of nitrogens with one attached hydrogen (secondary N) is 1. The number of anilines is 1. The standard InChI is InChI=1S/C11H12BrNO3S/c1-17-5-4-10(14)13-7-2-3-9(12)8(6-7)11(15)16/h2-3,6H,4-5H2,1H3,(H,13,14)(H,15,16). The quantitative estimate of drug-likeness (QED) is 0.876. The molecule has 0 aliphatic heterocycles.